The number of hydrogen-bond acceptors (Lipinski definition) is 4. The lowest BCUT2D eigenvalue weighted by atomic mass is 10.2. The fraction of sp³-hybridized carbons (Fsp3) is 0.444. The van der Waals surface area contributed by atoms with Crippen LogP contribution in [0.4, 0.5) is 0 Å². The zero-order valence-electron chi connectivity index (χ0n) is 8.00. The second-order valence-electron chi connectivity index (χ2n) is 2.97. The molecule has 0 amide bonds. The van der Waals surface area contributed by atoms with Gasteiger partial charge in [0.1, 0.15) is 0 Å². The Balaban J connectivity index is 2.58. The van der Waals surface area contributed by atoms with Gasteiger partial charge in [-0.2, -0.15) is 0 Å². The smallest absolute Gasteiger partial charge is 0.174 e. The van der Waals surface area contributed by atoms with Crippen LogP contribution in [0.5, 0.6) is 0 Å². The Morgan fingerprint density at radius 2 is 2.33 bits per heavy atom. The highest BCUT2D eigenvalue weighted by Gasteiger charge is 2.14. The van der Waals surface area contributed by atoms with E-state index in [9.17, 15) is 4.79 Å². The first-order valence-corrected chi connectivity index (χ1v) is 7.70. The molecule has 0 fully saturated rings. The van der Waals surface area contributed by atoms with E-state index in [0.717, 1.165) is 7.57 Å². The molecule has 1 rings (SSSR count). The molecule has 0 spiro atoms. The molecule has 1 atom stereocenters. The maximum absolute atomic E-state index is 11.8. The lowest BCUT2D eigenvalue weighted by Gasteiger charge is -2.05. The largest absolute Gasteiger partial charge is 0.395 e. The molecule has 0 saturated carbocycles. The Hall–Kier alpha value is 0.640. The highest BCUT2D eigenvalue weighted by atomic mass is 79.9. The van der Waals surface area contributed by atoms with Crippen molar-refractivity contribution in [2.45, 2.75) is 12.2 Å². The van der Waals surface area contributed by atoms with Crippen LogP contribution in [0.15, 0.2) is 13.6 Å². The van der Waals surface area contributed by atoms with Crippen molar-refractivity contribution >= 4 is 60.7 Å². The summed E-state index contributed by atoms with van der Waals surface area (Å²) in [6, 6.07) is 1.82. The molecule has 1 aromatic heterocycles. The summed E-state index contributed by atoms with van der Waals surface area (Å²) in [6.07, 6.45) is 0. The lowest BCUT2D eigenvalue weighted by molar-refractivity contribution is 0.102. The number of thioether (sulfide) groups is 1. The second-order valence-corrected chi connectivity index (χ2v) is 8.14. The molecule has 1 unspecified atom stereocenters. The summed E-state index contributed by atoms with van der Waals surface area (Å²) in [4.78, 5) is 11.8. The third-order valence-electron chi connectivity index (χ3n) is 1.71. The van der Waals surface area contributed by atoms with Crippen molar-refractivity contribution in [2.24, 2.45) is 0 Å². The third-order valence-corrected chi connectivity index (χ3v) is 5.20. The van der Waals surface area contributed by atoms with Crippen molar-refractivity contribution in [1.29, 1.82) is 0 Å². The highest BCUT2D eigenvalue weighted by Crippen LogP contribution is 2.32. The summed E-state index contributed by atoms with van der Waals surface area (Å²) >= 11 is 9.64. The maximum atomic E-state index is 11.8. The molecule has 1 aromatic rings. The Morgan fingerprint density at radius 3 is 2.80 bits per heavy atom. The van der Waals surface area contributed by atoms with Gasteiger partial charge in [0.15, 0.2) is 5.78 Å². The van der Waals surface area contributed by atoms with Crippen molar-refractivity contribution in [2.75, 3.05) is 12.4 Å². The van der Waals surface area contributed by atoms with E-state index < -0.39 is 0 Å². The molecule has 0 aliphatic carbocycles. The van der Waals surface area contributed by atoms with E-state index >= 15 is 0 Å². The molecule has 0 radical (unpaired) electrons. The van der Waals surface area contributed by atoms with Crippen molar-refractivity contribution < 1.29 is 9.90 Å². The molecule has 0 aliphatic rings. The zero-order valence-corrected chi connectivity index (χ0v) is 12.8. The lowest BCUT2D eigenvalue weighted by Crippen LogP contribution is -2.09. The highest BCUT2D eigenvalue weighted by molar-refractivity contribution is 9.12. The summed E-state index contributed by atoms with van der Waals surface area (Å²) in [5.74, 6) is 0.498. The Morgan fingerprint density at radius 1 is 1.67 bits per heavy atom. The fourth-order valence-corrected chi connectivity index (χ4v) is 4.43. The quantitative estimate of drug-likeness (QED) is 0.801. The molecule has 1 heterocycles. The predicted molar refractivity (Wildman–Crippen MR) is 73.1 cm³/mol. The van der Waals surface area contributed by atoms with Gasteiger partial charge in [0.2, 0.25) is 0 Å². The molecule has 2 nitrogen and oxygen atoms in total. The Labute approximate surface area is 114 Å². The van der Waals surface area contributed by atoms with E-state index in [1.54, 1.807) is 0 Å². The SMILES string of the molecule is CC(CO)SCC(=O)c1cc(Br)sc1Br. The number of carbonyl (C=O) groups excluding carboxylic acids is 1. The van der Waals surface area contributed by atoms with Crippen LogP contribution in [0.1, 0.15) is 17.3 Å². The molecular weight excluding hydrogens is 364 g/mol. The third kappa shape index (κ3) is 4.19. The van der Waals surface area contributed by atoms with Gasteiger partial charge in [-0.25, -0.2) is 0 Å². The van der Waals surface area contributed by atoms with Crippen LogP contribution in [0.25, 0.3) is 0 Å². The standard InChI is InChI=1S/C9H10Br2O2S2/c1-5(3-12)14-4-7(13)6-2-8(10)15-9(6)11/h2,5,12H,3-4H2,1H3. The Kier molecular flexibility index (Phi) is 5.84. The van der Waals surface area contributed by atoms with Crippen LogP contribution in [-0.4, -0.2) is 28.5 Å². The summed E-state index contributed by atoms with van der Waals surface area (Å²) in [6.45, 7) is 2.00. The second kappa shape index (κ2) is 6.39. The molecule has 1 N–H and O–H groups in total. The van der Waals surface area contributed by atoms with Gasteiger partial charge in [-0.05, 0) is 37.9 Å². The topological polar surface area (TPSA) is 37.3 Å². The van der Waals surface area contributed by atoms with Gasteiger partial charge in [-0.1, -0.05) is 6.92 Å². The number of ketones is 1. The van der Waals surface area contributed by atoms with Gasteiger partial charge in [-0.15, -0.1) is 23.1 Å². The van der Waals surface area contributed by atoms with Gasteiger partial charge in [0.25, 0.3) is 0 Å². The first kappa shape index (κ1) is 13.7. The molecule has 15 heavy (non-hydrogen) atoms. The van der Waals surface area contributed by atoms with E-state index in [1.807, 2.05) is 13.0 Å². The fourth-order valence-electron chi connectivity index (χ4n) is 0.879. The Bertz CT molecular complexity index is 352. The molecular formula is C9H10Br2O2S2. The minimum Gasteiger partial charge on any atom is -0.395 e. The van der Waals surface area contributed by atoms with E-state index in [0.29, 0.717) is 11.3 Å². The molecule has 0 aromatic carbocycles. The minimum absolute atomic E-state index is 0.0918. The number of thiophene rings is 1. The molecule has 0 bridgehead atoms. The summed E-state index contributed by atoms with van der Waals surface area (Å²) < 4.78 is 1.80. The number of carbonyl (C=O) groups is 1. The van der Waals surface area contributed by atoms with Crippen LogP contribution in [-0.2, 0) is 0 Å². The number of aliphatic hydroxyl groups is 1. The van der Waals surface area contributed by atoms with Crippen LogP contribution in [0, 0.1) is 0 Å². The van der Waals surface area contributed by atoms with Gasteiger partial charge in [0.05, 0.1) is 19.9 Å². The van der Waals surface area contributed by atoms with Crippen LogP contribution in [0.2, 0.25) is 0 Å². The van der Waals surface area contributed by atoms with Crippen LogP contribution in [0.3, 0.4) is 0 Å². The first-order chi connectivity index (χ1) is 7.04. The molecule has 0 saturated heterocycles. The van der Waals surface area contributed by atoms with Gasteiger partial charge in [0, 0.05) is 10.8 Å². The predicted octanol–water partition coefficient (Wildman–Crippen LogP) is 3.57. The monoisotopic (exact) mass is 372 g/mol. The van der Waals surface area contributed by atoms with Gasteiger partial charge in [-0.3, -0.25) is 4.79 Å². The zero-order chi connectivity index (χ0) is 11.4. The van der Waals surface area contributed by atoms with E-state index in [-0.39, 0.29) is 17.6 Å². The van der Waals surface area contributed by atoms with Crippen LogP contribution >= 0.6 is 55.0 Å². The minimum atomic E-state index is 0.0918. The van der Waals surface area contributed by atoms with E-state index in [1.165, 1.54) is 23.1 Å². The number of halogens is 2. The molecule has 6 heteroatoms. The number of hydrogen-bond donors (Lipinski definition) is 1. The average molecular weight is 374 g/mol. The number of aliphatic hydroxyl groups excluding tert-OH is 1. The summed E-state index contributed by atoms with van der Waals surface area (Å²) in [5, 5.41) is 8.94. The summed E-state index contributed by atoms with van der Waals surface area (Å²) in [5.41, 5.74) is 0.713. The van der Waals surface area contributed by atoms with Crippen molar-refractivity contribution in [3.8, 4) is 0 Å². The van der Waals surface area contributed by atoms with Crippen molar-refractivity contribution in [3.05, 3.63) is 19.2 Å². The number of Topliss-reactive ketones (excluding diaryl/α,β-unsaturated/α-hetero) is 1. The average Bonchev–Trinajstić information content (AvgIpc) is 2.53. The van der Waals surface area contributed by atoms with E-state index in [2.05, 4.69) is 31.9 Å². The summed E-state index contributed by atoms with van der Waals surface area (Å²) in [7, 11) is 0. The normalized spacial score (nSPS) is 12.8. The van der Waals surface area contributed by atoms with Crippen LogP contribution < -0.4 is 0 Å². The van der Waals surface area contributed by atoms with Gasteiger partial charge >= 0.3 is 0 Å². The first-order valence-electron chi connectivity index (χ1n) is 4.25. The molecule has 0 aliphatic heterocycles. The van der Waals surface area contributed by atoms with Crippen molar-refractivity contribution in [3.63, 3.8) is 0 Å². The van der Waals surface area contributed by atoms with Gasteiger partial charge < -0.3 is 5.11 Å². The number of rotatable bonds is 5. The van der Waals surface area contributed by atoms with E-state index in [4.69, 9.17) is 5.11 Å². The van der Waals surface area contributed by atoms with Crippen molar-refractivity contribution in [1.82, 2.24) is 0 Å². The molecule has 84 valence electrons. The maximum Gasteiger partial charge on any atom is 0.174 e.